The minimum Gasteiger partial charge on any atom is -0.482 e. The Hall–Kier alpha value is -1.55. The Kier molecular flexibility index (Phi) is 4.80. The summed E-state index contributed by atoms with van der Waals surface area (Å²) >= 11 is 0. The smallest absolute Gasteiger partial charge is 0.344 e. The van der Waals surface area contributed by atoms with Crippen molar-refractivity contribution in [1.29, 1.82) is 0 Å². The van der Waals surface area contributed by atoms with Crippen LogP contribution in [-0.4, -0.2) is 24.3 Å². The van der Waals surface area contributed by atoms with Crippen LogP contribution >= 0.6 is 0 Å². The fourth-order valence-corrected chi connectivity index (χ4v) is 2.18. The highest BCUT2D eigenvalue weighted by molar-refractivity contribution is 5.71. The van der Waals surface area contributed by atoms with Gasteiger partial charge in [0.15, 0.2) is 6.61 Å². The highest BCUT2D eigenvalue weighted by Crippen LogP contribution is 2.33. The fraction of sp³-hybridized carbons (Fsp3) is 0.533. The lowest BCUT2D eigenvalue weighted by molar-refractivity contribution is -0.146. The lowest BCUT2D eigenvalue weighted by atomic mass is 10.1. The molecular formula is C15H20O4. The van der Waals surface area contributed by atoms with Gasteiger partial charge in [-0.3, -0.25) is 0 Å². The van der Waals surface area contributed by atoms with Crippen molar-refractivity contribution in [2.45, 2.75) is 38.7 Å². The molecule has 0 radical (unpaired) electrons. The van der Waals surface area contributed by atoms with Gasteiger partial charge in [-0.25, -0.2) is 4.79 Å². The molecule has 0 saturated heterocycles. The molecule has 1 aromatic rings. The molecule has 0 saturated carbocycles. The average molecular weight is 264 g/mol. The molecule has 4 heteroatoms. The zero-order valence-corrected chi connectivity index (χ0v) is 11.2. The summed E-state index contributed by atoms with van der Waals surface area (Å²) in [5, 5.41) is 9.70. The number of hydrogen-bond acceptors (Lipinski definition) is 4. The van der Waals surface area contributed by atoms with Crippen molar-refractivity contribution < 1.29 is 19.4 Å². The second-order valence-electron chi connectivity index (χ2n) is 4.78. The lowest BCUT2D eigenvalue weighted by Gasteiger charge is -2.09. The molecule has 0 heterocycles. The van der Waals surface area contributed by atoms with Crippen molar-refractivity contribution in [3.05, 3.63) is 29.3 Å². The van der Waals surface area contributed by atoms with E-state index in [2.05, 4.69) is 0 Å². The van der Waals surface area contributed by atoms with Crippen molar-refractivity contribution in [1.82, 2.24) is 0 Å². The van der Waals surface area contributed by atoms with Gasteiger partial charge in [-0.15, -0.1) is 0 Å². The van der Waals surface area contributed by atoms with Gasteiger partial charge in [-0.2, -0.15) is 0 Å². The maximum absolute atomic E-state index is 11.4. The number of esters is 1. The molecule has 19 heavy (non-hydrogen) atoms. The maximum atomic E-state index is 11.4. The van der Waals surface area contributed by atoms with Gasteiger partial charge in [0.05, 0.1) is 12.7 Å². The Morgan fingerprint density at radius 1 is 1.47 bits per heavy atom. The number of aliphatic hydroxyl groups is 1. The minimum atomic E-state index is -0.358. The molecule has 1 aliphatic rings. The molecule has 0 spiro atoms. The van der Waals surface area contributed by atoms with E-state index >= 15 is 0 Å². The molecule has 0 amide bonds. The summed E-state index contributed by atoms with van der Waals surface area (Å²) in [7, 11) is 0. The molecule has 1 aliphatic carbocycles. The molecule has 2 rings (SSSR count). The van der Waals surface area contributed by atoms with Crippen LogP contribution in [-0.2, 0) is 16.0 Å². The number of hydrogen-bond donors (Lipinski definition) is 1. The van der Waals surface area contributed by atoms with Crippen molar-refractivity contribution in [2.75, 3.05) is 13.2 Å². The van der Waals surface area contributed by atoms with Gasteiger partial charge in [-0.05, 0) is 42.5 Å². The second kappa shape index (κ2) is 6.57. The van der Waals surface area contributed by atoms with Crippen LogP contribution in [0.15, 0.2) is 18.2 Å². The third kappa shape index (κ3) is 3.70. The van der Waals surface area contributed by atoms with Gasteiger partial charge >= 0.3 is 5.97 Å². The molecule has 4 nitrogen and oxygen atoms in total. The Labute approximate surface area is 113 Å². The summed E-state index contributed by atoms with van der Waals surface area (Å²) < 4.78 is 10.4. The van der Waals surface area contributed by atoms with Crippen LogP contribution in [0.2, 0.25) is 0 Å². The summed E-state index contributed by atoms with van der Waals surface area (Å²) in [5.41, 5.74) is 2.07. The SMILES string of the molecule is CCCCOC(=O)COc1ccc2c(c1)CC[C@@H]2O. The molecule has 104 valence electrons. The first-order chi connectivity index (χ1) is 9.20. The molecule has 0 bridgehead atoms. The van der Waals surface area contributed by atoms with Gasteiger partial charge in [0.25, 0.3) is 0 Å². The quantitative estimate of drug-likeness (QED) is 0.633. The fourth-order valence-electron chi connectivity index (χ4n) is 2.18. The van der Waals surface area contributed by atoms with Gasteiger partial charge < -0.3 is 14.6 Å². The van der Waals surface area contributed by atoms with Crippen LogP contribution < -0.4 is 4.74 Å². The average Bonchev–Trinajstić information content (AvgIpc) is 2.78. The number of carbonyl (C=O) groups is 1. The summed E-state index contributed by atoms with van der Waals surface area (Å²) in [6.45, 7) is 2.43. The molecule has 1 atom stereocenters. The van der Waals surface area contributed by atoms with E-state index in [-0.39, 0.29) is 18.7 Å². The number of aliphatic hydroxyl groups excluding tert-OH is 1. The first kappa shape index (κ1) is 13.9. The largest absolute Gasteiger partial charge is 0.482 e. The minimum absolute atomic E-state index is 0.0644. The Morgan fingerprint density at radius 3 is 3.11 bits per heavy atom. The van der Waals surface area contributed by atoms with E-state index in [1.807, 2.05) is 19.1 Å². The topological polar surface area (TPSA) is 55.8 Å². The molecular weight excluding hydrogens is 244 g/mol. The maximum Gasteiger partial charge on any atom is 0.344 e. The number of rotatable bonds is 6. The number of fused-ring (bicyclic) bond motifs is 1. The van der Waals surface area contributed by atoms with Crippen molar-refractivity contribution in [2.24, 2.45) is 0 Å². The van der Waals surface area contributed by atoms with Gasteiger partial charge in [0.2, 0.25) is 0 Å². The Balaban J connectivity index is 1.82. The lowest BCUT2D eigenvalue weighted by Crippen LogP contribution is -2.15. The summed E-state index contributed by atoms with van der Waals surface area (Å²) in [4.78, 5) is 11.4. The predicted octanol–water partition coefficient (Wildman–Crippen LogP) is 2.39. The molecule has 1 N–H and O–H groups in total. The van der Waals surface area contributed by atoms with Crippen LogP contribution in [0.3, 0.4) is 0 Å². The third-order valence-electron chi connectivity index (χ3n) is 3.28. The molecule has 0 fully saturated rings. The number of aryl methyl sites for hydroxylation is 1. The Morgan fingerprint density at radius 2 is 2.32 bits per heavy atom. The molecule has 0 aliphatic heterocycles. The first-order valence-electron chi connectivity index (χ1n) is 6.80. The van der Waals surface area contributed by atoms with Crippen LogP contribution in [0.1, 0.15) is 43.4 Å². The highest BCUT2D eigenvalue weighted by Gasteiger charge is 2.20. The second-order valence-corrected chi connectivity index (χ2v) is 4.78. The van der Waals surface area contributed by atoms with E-state index in [0.717, 1.165) is 36.8 Å². The number of benzene rings is 1. The van der Waals surface area contributed by atoms with Crippen LogP contribution in [0.25, 0.3) is 0 Å². The number of unbranched alkanes of at least 4 members (excludes halogenated alkanes) is 1. The zero-order chi connectivity index (χ0) is 13.7. The molecule has 0 unspecified atom stereocenters. The Bertz CT molecular complexity index is 442. The van der Waals surface area contributed by atoms with E-state index in [1.165, 1.54) is 0 Å². The van der Waals surface area contributed by atoms with E-state index < -0.39 is 0 Å². The van der Waals surface area contributed by atoms with Gasteiger partial charge in [-0.1, -0.05) is 19.4 Å². The van der Waals surface area contributed by atoms with Gasteiger partial charge in [0.1, 0.15) is 5.75 Å². The van der Waals surface area contributed by atoms with Crippen molar-refractivity contribution >= 4 is 5.97 Å². The normalized spacial score (nSPS) is 17.1. The standard InChI is InChI=1S/C15H20O4/c1-2-3-8-18-15(17)10-19-12-5-6-13-11(9-12)4-7-14(13)16/h5-6,9,14,16H,2-4,7-8,10H2,1H3/t14-/m0/s1. The molecule has 0 aromatic heterocycles. The van der Waals surface area contributed by atoms with Crippen LogP contribution in [0.4, 0.5) is 0 Å². The molecule has 1 aromatic carbocycles. The number of ether oxygens (including phenoxy) is 2. The number of carbonyl (C=O) groups excluding carboxylic acids is 1. The van der Waals surface area contributed by atoms with Crippen LogP contribution in [0.5, 0.6) is 5.75 Å². The van der Waals surface area contributed by atoms with E-state index in [0.29, 0.717) is 12.4 Å². The van der Waals surface area contributed by atoms with E-state index in [4.69, 9.17) is 9.47 Å². The first-order valence-corrected chi connectivity index (χ1v) is 6.80. The van der Waals surface area contributed by atoms with Crippen molar-refractivity contribution in [3.63, 3.8) is 0 Å². The summed E-state index contributed by atoms with van der Waals surface area (Å²) in [6.07, 6.45) is 3.14. The predicted molar refractivity (Wildman–Crippen MR) is 71.1 cm³/mol. The van der Waals surface area contributed by atoms with Gasteiger partial charge in [0, 0.05) is 0 Å². The van der Waals surface area contributed by atoms with Crippen molar-refractivity contribution in [3.8, 4) is 5.75 Å². The van der Waals surface area contributed by atoms with E-state index in [1.54, 1.807) is 6.07 Å². The highest BCUT2D eigenvalue weighted by atomic mass is 16.6. The third-order valence-corrected chi connectivity index (χ3v) is 3.28. The van der Waals surface area contributed by atoms with E-state index in [9.17, 15) is 9.90 Å². The van der Waals surface area contributed by atoms with Crippen LogP contribution in [0, 0.1) is 0 Å². The monoisotopic (exact) mass is 264 g/mol. The zero-order valence-electron chi connectivity index (χ0n) is 11.2. The summed E-state index contributed by atoms with van der Waals surface area (Å²) in [6, 6.07) is 5.54. The summed E-state index contributed by atoms with van der Waals surface area (Å²) in [5.74, 6) is 0.314.